The normalized spacial score (nSPS) is 23.5. The summed E-state index contributed by atoms with van der Waals surface area (Å²) < 4.78 is 0. The fourth-order valence-electron chi connectivity index (χ4n) is 9.94. The largest absolute Gasteiger partial charge is 0.0649 e. The summed E-state index contributed by atoms with van der Waals surface area (Å²) in [5.74, 6) is 1.79. The molecule has 208 valence electrons. The van der Waals surface area contributed by atoms with Gasteiger partial charge in [-0.1, -0.05) is 123 Å². The topological polar surface area (TPSA) is 0 Å². The summed E-state index contributed by atoms with van der Waals surface area (Å²) >= 11 is 0. The van der Waals surface area contributed by atoms with Crippen LogP contribution in [0.15, 0.2) is 0 Å². The zero-order valence-corrected chi connectivity index (χ0v) is 27.1. The van der Waals surface area contributed by atoms with Crippen molar-refractivity contribution in [3.8, 4) is 0 Å². The molecule has 0 spiro atoms. The molecular formula is C35H68. The summed E-state index contributed by atoms with van der Waals surface area (Å²) in [4.78, 5) is 0. The Balaban J connectivity index is 2.24. The van der Waals surface area contributed by atoms with Gasteiger partial charge in [0.15, 0.2) is 0 Å². The van der Waals surface area contributed by atoms with Gasteiger partial charge in [-0.3, -0.25) is 0 Å². The molecule has 0 atom stereocenters. The molecule has 0 N–H and O–H groups in total. The second-order valence-electron chi connectivity index (χ2n) is 16.5. The van der Waals surface area contributed by atoms with Crippen LogP contribution < -0.4 is 0 Å². The molecule has 0 aromatic carbocycles. The zero-order chi connectivity index (χ0) is 27.1. The van der Waals surface area contributed by atoms with E-state index in [0.29, 0.717) is 37.9 Å². The smallest absolute Gasteiger partial charge is 0.0195 e. The van der Waals surface area contributed by atoms with Gasteiger partial charge >= 0.3 is 0 Å². The SMILES string of the molecule is CCC(C)(C)C1(C(C)(C)CC)CCC(C(C)(C)C2CCC(C(C)(C)CC)(C(C)(C)CC)CC2)CC1. The molecule has 0 amide bonds. The van der Waals surface area contributed by atoms with Gasteiger partial charge in [0.25, 0.3) is 0 Å². The van der Waals surface area contributed by atoms with Gasteiger partial charge in [-0.2, -0.15) is 0 Å². The summed E-state index contributed by atoms with van der Waals surface area (Å²) in [6, 6.07) is 0. The van der Waals surface area contributed by atoms with E-state index in [2.05, 4.69) is 96.9 Å². The van der Waals surface area contributed by atoms with Gasteiger partial charge in [0.1, 0.15) is 0 Å². The van der Waals surface area contributed by atoms with Crippen LogP contribution in [0.5, 0.6) is 0 Å². The predicted octanol–water partition coefficient (Wildman–Crippen LogP) is 12.1. The maximum Gasteiger partial charge on any atom is -0.0195 e. The number of hydrogen-bond acceptors (Lipinski definition) is 0. The third-order valence-corrected chi connectivity index (χ3v) is 14.5. The van der Waals surface area contributed by atoms with E-state index in [1.54, 1.807) is 0 Å². The molecule has 2 fully saturated rings. The second kappa shape index (κ2) is 10.3. The molecule has 2 rings (SSSR count). The van der Waals surface area contributed by atoms with E-state index in [0.717, 1.165) is 11.8 Å². The highest BCUT2D eigenvalue weighted by molar-refractivity contribution is 5.07. The Morgan fingerprint density at radius 3 is 0.800 bits per heavy atom. The summed E-state index contributed by atoms with van der Waals surface area (Å²) in [7, 11) is 0. The minimum atomic E-state index is 0.420. The molecule has 2 saturated carbocycles. The van der Waals surface area contributed by atoms with Crippen LogP contribution in [0, 0.1) is 49.7 Å². The van der Waals surface area contributed by atoms with Crippen molar-refractivity contribution in [3.05, 3.63) is 0 Å². The Morgan fingerprint density at radius 1 is 0.429 bits per heavy atom. The molecule has 0 unspecified atom stereocenters. The molecule has 0 saturated heterocycles. The van der Waals surface area contributed by atoms with Crippen LogP contribution in [0.1, 0.15) is 174 Å². The van der Waals surface area contributed by atoms with Gasteiger partial charge in [-0.25, -0.2) is 0 Å². The molecular weight excluding hydrogens is 420 g/mol. The molecule has 0 aromatic rings. The highest BCUT2D eigenvalue weighted by atomic mass is 14.6. The van der Waals surface area contributed by atoms with Crippen LogP contribution in [0.4, 0.5) is 0 Å². The molecule has 0 heteroatoms. The number of hydrogen-bond donors (Lipinski definition) is 0. The van der Waals surface area contributed by atoms with E-state index in [-0.39, 0.29) is 0 Å². The van der Waals surface area contributed by atoms with Gasteiger partial charge in [0, 0.05) is 0 Å². The average Bonchev–Trinajstić information content (AvgIpc) is 2.83. The first-order chi connectivity index (χ1) is 15.9. The molecule has 2 aliphatic rings. The van der Waals surface area contributed by atoms with Gasteiger partial charge < -0.3 is 0 Å². The van der Waals surface area contributed by atoms with Crippen molar-refractivity contribution in [2.24, 2.45) is 49.7 Å². The van der Waals surface area contributed by atoms with Gasteiger partial charge in [-0.15, -0.1) is 0 Å². The molecule has 0 aliphatic heterocycles. The monoisotopic (exact) mass is 489 g/mol. The minimum Gasteiger partial charge on any atom is -0.0649 e. The Kier molecular flexibility index (Phi) is 9.17. The average molecular weight is 489 g/mol. The van der Waals surface area contributed by atoms with Gasteiger partial charge in [0.05, 0.1) is 0 Å². The van der Waals surface area contributed by atoms with Gasteiger partial charge in [0.2, 0.25) is 0 Å². The van der Waals surface area contributed by atoms with Crippen molar-refractivity contribution in [2.75, 3.05) is 0 Å². The lowest BCUT2D eigenvalue weighted by molar-refractivity contribution is -0.127. The van der Waals surface area contributed by atoms with Crippen molar-refractivity contribution in [3.63, 3.8) is 0 Å². The first-order valence-corrected chi connectivity index (χ1v) is 15.9. The Hall–Kier alpha value is 0. The summed E-state index contributed by atoms with van der Waals surface area (Å²) in [6.07, 6.45) is 16.7. The van der Waals surface area contributed by atoms with Crippen molar-refractivity contribution in [1.29, 1.82) is 0 Å². The van der Waals surface area contributed by atoms with Crippen LogP contribution in [0.2, 0.25) is 0 Å². The van der Waals surface area contributed by atoms with E-state index in [1.165, 1.54) is 77.0 Å². The van der Waals surface area contributed by atoms with E-state index in [1.807, 2.05) is 0 Å². The van der Waals surface area contributed by atoms with E-state index >= 15 is 0 Å². The third-order valence-electron chi connectivity index (χ3n) is 14.5. The molecule has 0 nitrogen and oxygen atoms in total. The maximum atomic E-state index is 2.67. The fourth-order valence-corrected chi connectivity index (χ4v) is 9.94. The van der Waals surface area contributed by atoms with Crippen molar-refractivity contribution < 1.29 is 0 Å². The fraction of sp³-hybridized carbons (Fsp3) is 1.00. The lowest BCUT2D eigenvalue weighted by atomic mass is 9.42. The Morgan fingerprint density at radius 2 is 0.629 bits per heavy atom. The van der Waals surface area contributed by atoms with Crippen LogP contribution in [-0.4, -0.2) is 0 Å². The van der Waals surface area contributed by atoms with Crippen molar-refractivity contribution in [1.82, 2.24) is 0 Å². The van der Waals surface area contributed by atoms with Crippen LogP contribution in [0.3, 0.4) is 0 Å². The lowest BCUT2D eigenvalue weighted by Gasteiger charge is -2.62. The molecule has 35 heavy (non-hydrogen) atoms. The molecule has 0 radical (unpaired) electrons. The van der Waals surface area contributed by atoms with Crippen molar-refractivity contribution >= 4 is 0 Å². The Labute approximate surface area is 223 Å². The summed E-state index contributed by atoms with van der Waals surface area (Å²) in [5, 5.41) is 0. The maximum absolute atomic E-state index is 2.67. The molecule has 0 bridgehead atoms. The van der Waals surface area contributed by atoms with E-state index in [9.17, 15) is 0 Å². The summed E-state index contributed by atoms with van der Waals surface area (Å²) in [6.45, 7) is 35.8. The zero-order valence-electron chi connectivity index (χ0n) is 27.1. The summed E-state index contributed by atoms with van der Waals surface area (Å²) in [5.41, 5.74) is 3.11. The first-order valence-electron chi connectivity index (χ1n) is 15.9. The van der Waals surface area contributed by atoms with Crippen LogP contribution in [-0.2, 0) is 0 Å². The number of rotatable bonds is 10. The first kappa shape index (κ1) is 31.2. The Bertz CT molecular complexity index is 575. The standard InChI is InChI=1S/C35H68/c1-15-29(5,6)34(30(7,8)16-2)23-19-27(20-24-34)33(13,14)28-21-25-35(26-22-28,31(9,10)17-3)32(11,12)18-4/h27-28H,15-26H2,1-14H3. The predicted molar refractivity (Wildman–Crippen MR) is 159 cm³/mol. The highest BCUT2D eigenvalue weighted by Crippen LogP contribution is 2.67. The quantitative estimate of drug-likeness (QED) is 0.287. The van der Waals surface area contributed by atoms with Gasteiger partial charge in [-0.05, 0) is 101 Å². The van der Waals surface area contributed by atoms with E-state index in [4.69, 9.17) is 0 Å². The molecule has 2 aliphatic carbocycles. The van der Waals surface area contributed by atoms with E-state index < -0.39 is 0 Å². The molecule has 0 aromatic heterocycles. The van der Waals surface area contributed by atoms with Crippen LogP contribution >= 0.6 is 0 Å². The highest BCUT2D eigenvalue weighted by Gasteiger charge is 2.58. The van der Waals surface area contributed by atoms with Crippen molar-refractivity contribution in [2.45, 2.75) is 174 Å². The lowest BCUT2D eigenvalue weighted by Crippen LogP contribution is -2.53. The van der Waals surface area contributed by atoms with Crippen LogP contribution in [0.25, 0.3) is 0 Å². The molecule has 0 heterocycles. The third kappa shape index (κ3) is 4.93. The second-order valence-corrected chi connectivity index (χ2v) is 16.5. The minimum absolute atomic E-state index is 0.420.